The lowest BCUT2D eigenvalue weighted by atomic mass is 9.63. The molecule has 2 aliphatic rings. The van der Waals surface area contributed by atoms with E-state index in [1.165, 1.54) is 31.4 Å². The number of carbonyl (C=O) groups excluding carboxylic acids is 2. The Labute approximate surface area is 235 Å². The molecule has 1 saturated heterocycles. The van der Waals surface area contributed by atoms with Gasteiger partial charge in [0.1, 0.15) is 17.0 Å². The van der Waals surface area contributed by atoms with Crippen molar-refractivity contribution >= 4 is 40.7 Å². The molecule has 1 fully saturated rings. The van der Waals surface area contributed by atoms with Crippen LogP contribution in [-0.4, -0.2) is 66.1 Å². The fourth-order valence-electron chi connectivity index (χ4n) is 5.67. The molecule has 2 aliphatic heterocycles. The van der Waals surface area contributed by atoms with E-state index in [0.717, 1.165) is 6.07 Å². The average Bonchev–Trinajstić information content (AvgIpc) is 3.36. The zero-order chi connectivity index (χ0) is 28.7. The number of aliphatic hydroxyl groups excluding tert-OH is 2. The number of amides is 2. The Hall–Kier alpha value is -2.34. The van der Waals surface area contributed by atoms with Crippen LogP contribution in [0.3, 0.4) is 0 Å². The number of benzene rings is 2. The topological polar surface area (TPSA) is 120 Å². The van der Waals surface area contributed by atoms with Crippen molar-refractivity contribution in [3.05, 3.63) is 63.1 Å². The van der Waals surface area contributed by atoms with Crippen LogP contribution in [0.25, 0.3) is 0 Å². The molecule has 2 amide bonds. The van der Waals surface area contributed by atoms with E-state index in [1.54, 1.807) is 0 Å². The van der Waals surface area contributed by atoms with E-state index in [9.17, 15) is 23.5 Å². The molecular weight excluding hydrogens is 555 g/mol. The minimum atomic E-state index is -1.54. The minimum absolute atomic E-state index is 0.0455. The van der Waals surface area contributed by atoms with Crippen LogP contribution in [0.2, 0.25) is 10.0 Å². The number of nitrogens with one attached hydrogen (secondary N) is 3. The van der Waals surface area contributed by atoms with E-state index in [2.05, 4.69) is 16.0 Å². The monoisotopic (exact) mass is 585 g/mol. The molecule has 8 nitrogen and oxygen atoms in total. The van der Waals surface area contributed by atoms with Gasteiger partial charge < -0.3 is 30.9 Å². The van der Waals surface area contributed by atoms with Gasteiger partial charge in [-0.15, -0.1) is 0 Å². The number of rotatable bonds is 9. The maximum atomic E-state index is 14.9. The smallest absolute Gasteiger partial charge is 0.237 e. The summed E-state index contributed by atoms with van der Waals surface area (Å²) in [7, 11) is 1.53. The summed E-state index contributed by atoms with van der Waals surface area (Å²) in [6.07, 6.45) is -0.686. The fourth-order valence-corrected chi connectivity index (χ4v) is 6.02. The lowest BCUT2D eigenvalue weighted by Gasteiger charge is -2.38. The molecule has 2 heterocycles. The van der Waals surface area contributed by atoms with Crippen molar-refractivity contribution in [2.45, 2.75) is 61.8 Å². The Kier molecular flexibility index (Phi) is 8.56. The highest BCUT2D eigenvalue weighted by Crippen LogP contribution is 2.56. The van der Waals surface area contributed by atoms with Crippen molar-refractivity contribution in [1.82, 2.24) is 10.6 Å². The van der Waals surface area contributed by atoms with Gasteiger partial charge >= 0.3 is 0 Å². The molecule has 0 unspecified atom stereocenters. The second kappa shape index (κ2) is 11.3. The lowest BCUT2D eigenvalue weighted by Crippen LogP contribution is -2.51. The number of anilines is 1. The summed E-state index contributed by atoms with van der Waals surface area (Å²) < 4.78 is 34.8. The largest absolute Gasteiger partial charge is 0.394 e. The number of carbonyl (C=O) groups is 2. The van der Waals surface area contributed by atoms with Gasteiger partial charge in [0.25, 0.3) is 0 Å². The predicted octanol–water partition coefficient (Wildman–Crippen LogP) is 3.26. The highest BCUT2D eigenvalue weighted by Gasteiger charge is 2.66. The first kappa shape index (κ1) is 29.6. The summed E-state index contributed by atoms with van der Waals surface area (Å²) in [5.74, 6) is -3.36. The molecule has 2 aromatic carbocycles. The Bertz CT molecular complexity index is 1280. The summed E-state index contributed by atoms with van der Waals surface area (Å²) in [4.78, 5) is 27.7. The molecule has 0 radical (unpaired) electrons. The maximum Gasteiger partial charge on any atom is 0.237 e. The van der Waals surface area contributed by atoms with Crippen molar-refractivity contribution in [3.8, 4) is 0 Å². The van der Waals surface area contributed by atoms with Gasteiger partial charge in [0.05, 0.1) is 34.4 Å². The number of methoxy groups -OCH3 is 1. The van der Waals surface area contributed by atoms with Crippen LogP contribution >= 0.6 is 23.2 Å². The molecule has 39 heavy (non-hydrogen) atoms. The second-order valence-electron chi connectivity index (χ2n) is 10.6. The molecule has 0 aromatic heterocycles. The Morgan fingerprint density at radius 2 is 1.90 bits per heavy atom. The number of hydrogen-bond acceptors (Lipinski definition) is 6. The molecule has 12 heteroatoms. The summed E-state index contributed by atoms with van der Waals surface area (Å²) in [5, 5.41) is 27.3. The Balaban J connectivity index is 1.91. The lowest BCUT2D eigenvalue weighted by molar-refractivity contribution is -0.124. The quantitative estimate of drug-likeness (QED) is 0.308. The predicted molar refractivity (Wildman–Crippen MR) is 143 cm³/mol. The van der Waals surface area contributed by atoms with Gasteiger partial charge in [0.2, 0.25) is 11.8 Å². The van der Waals surface area contributed by atoms with Crippen molar-refractivity contribution < 1.29 is 33.3 Å². The van der Waals surface area contributed by atoms with Crippen LogP contribution in [0, 0.1) is 11.6 Å². The number of aliphatic hydroxyl groups is 2. The molecule has 4 rings (SSSR count). The third-order valence-corrected chi connectivity index (χ3v) is 8.28. The zero-order valence-corrected chi connectivity index (χ0v) is 23.2. The van der Waals surface area contributed by atoms with E-state index in [0.29, 0.717) is 16.8 Å². The summed E-state index contributed by atoms with van der Waals surface area (Å²) in [6, 6.07) is 4.69. The normalized spacial score (nSPS) is 25.1. The van der Waals surface area contributed by atoms with Crippen molar-refractivity contribution in [1.29, 1.82) is 0 Å². The van der Waals surface area contributed by atoms with Crippen LogP contribution in [0.1, 0.15) is 43.7 Å². The van der Waals surface area contributed by atoms with Gasteiger partial charge in [-0.2, -0.15) is 0 Å². The number of halogens is 4. The van der Waals surface area contributed by atoms with Crippen LogP contribution in [0.5, 0.6) is 0 Å². The van der Waals surface area contributed by atoms with Crippen LogP contribution in [0.4, 0.5) is 14.5 Å². The van der Waals surface area contributed by atoms with Crippen LogP contribution in [0.15, 0.2) is 30.3 Å². The van der Waals surface area contributed by atoms with E-state index < -0.39 is 65.2 Å². The van der Waals surface area contributed by atoms with Gasteiger partial charge in [0, 0.05) is 31.3 Å². The third kappa shape index (κ3) is 5.38. The van der Waals surface area contributed by atoms with Crippen molar-refractivity contribution in [2.24, 2.45) is 0 Å². The fraction of sp³-hybridized carbons (Fsp3) is 0.481. The van der Waals surface area contributed by atoms with Crippen molar-refractivity contribution in [3.63, 3.8) is 0 Å². The van der Waals surface area contributed by atoms with Gasteiger partial charge in [-0.25, -0.2) is 8.78 Å². The highest BCUT2D eigenvalue weighted by atomic mass is 35.5. The Morgan fingerprint density at radius 1 is 1.21 bits per heavy atom. The first-order valence-electron chi connectivity index (χ1n) is 12.5. The molecular formula is C27H31Cl2F2N3O5. The standard InChI is InChI=1S/C27H31Cl2F2N3O5/c1-26(2,39-3)11-21-27(15-9-19(31)17(29)10-20(15)33-25(27)38)22(13-4-5-18(30)16(28)8-13)23(34-21)24(37)32-7-6-14(36)12-35/h4-5,8-10,14,21-23,34-36H,6-7,11-12H2,1-3H3,(H,32,37)(H,33,38)/t14-,21+,22-,23+,27-/m0/s1. The van der Waals surface area contributed by atoms with E-state index in [-0.39, 0.29) is 29.4 Å². The third-order valence-electron chi connectivity index (χ3n) is 7.71. The molecule has 5 N–H and O–H groups in total. The number of fused-ring (bicyclic) bond motifs is 2. The van der Waals surface area contributed by atoms with Gasteiger partial charge in [0.15, 0.2) is 0 Å². The Morgan fingerprint density at radius 3 is 2.54 bits per heavy atom. The maximum absolute atomic E-state index is 14.9. The molecule has 5 atom stereocenters. The molecule has 0 saturated carbocycles. The first-order chi connectivity index (χ1) is 18.3. The summed E-state index contributed by atoms with van der Waals surface area (Å²) >= 11 is 12.2. The molecule has 212 valence electrons. The molecule has 1 spiro atoms. The number of ether oxygens (including phenoxy) is 1. The van der Waals surface area contributed by atoms with Gasteiger partial charge in [-0.05, 0) is 62.1 Å². The SMILES string of the molecule is COC(C)(C)C[C@H]1N[C@@H](C(=O)NCC[C@H](O)CO)[C@H](c2ccc(F)c(Cl)c2)[C@@]12C(=O)Nc1cc(Cl)c(F)cc12. The number of hydrogen-bond donors (Lipinski definition) is 5. The first-order valence-corrected chi connectivity index (χ1v) is 13.2. The van der Waals surface area contributed by atoms with Crippen LogP contribution in [-0.2, 0) is 19.7 Å². The van der Waals surface area contributed by atoms with Crippen LogP contribution < -0.4 is 16.0 Å². The van der Waals surface area contributed by atoms with Crippen molar-refractivity contribution in [2.75, 3.05) is 25.6 Å². The van der Waals surface area contributed by atoms with E-state index >= 15 is 0 Å². The molecule has 2 aromatic rings. The van der Waals surface area contributed by atoms with Gasteiger partial charge in [-0.1, -0.05) is 29.3 Å². The zero-order valence-electron chi connectivity index (χ0n) is 21.7. The average molecular weight is 586 g/mol. The summed E-state index contributed by atoms with van der Waals surface area (Å²) in [6.45, 7) is 3.23. The highest BCUT2D eigenvalue weighted by molar-refractivity contribution is 6.31. The van der Waals surface area contributed by atoms with Gasteiger partial charge in [-0.3, -0.25) is 9.59 Å². The summed E-state index contributed by atoms with van der Waals surface area (Å²) in [5.41, 5.74) is -1.31. The second-order valence-corrected chi connectivity index (χ2v) is 11.4. The molecule has 0 aliphatic carbocycles. The minimum Gasteiger partial charge on any atom is -0.394 e. The van der Waals surface area contributed by atoms with E-state index in [4.69, 9.17) is 33.0 Å². The van der Waals surface area contributed by atoms with E-state index in [1.807, 2.05) is 13.8 Å². The molecule has 0 bridgehead atoms.